The summed E-state index contributed by atoms with van der Waals surface area (Å²) in [5.74, 6) is 0. The number of pyridine rings is 1. The summed E-state index contributed by atoms with van der Waals surface area (Å²) in [5, 5.41) is 9.95. The summed E-state index contributed by atoms with van der Waals surface area (Å²) in [5.41, 5.74) is 0.336. The van der Waals surface area contributed by atoms with Crippen molar-refractivity contribution in [3.63, 3.8) is 0 Å². The predicted octanol–water partition coefficient (Wildman–Crippen LogP) is 3.60. The zero-order chi connectivity index (χ0) is 16.2. The van der Waals surface area contributed by atoms with E-state index >= 15 is 0 Å². The molecule has 22 heavy (non-hydrogen) atoms. The third-order valence-electron chi connectivity index (χ3n) is 4.00. The number of carbonyl (C=O) groups excluding carboxylic acids is 1. The average molecular weight is 306 g/mol. The summed E-state index contributed by atoms with van der Waals surface area (Å²) < 4.78 is 5.20. The van der Waals surface area contributed by atoms with Crippen molar-refractivity contribution in [2.75, 3.05) is 11.5 Å². The molecular weight excluding hydrogens is 280 g/mol. The number of unbranched alkanes of at least 4 members (excludes halogenated alkanes) is 3. The van der Waals surface area contributed by atoms with Crippen molar-refractivity contribution < 1.29 is 14.6 Å². The minimum atomic E-state index is -0.983. The number of amides is 1. The second kappa shape index (κ2) is 7.09. The molecule has 5 heteroatoms. The monoisotopic (exact) mass is 306 g/mol. The summed E-state index contributed by atoms with van der Waals surface area (Å²) in [7, 11) is 0. The number of rotatable bonds is 7. The van der Waals surface area contributed by atoms with Gasteiger partial charge in [-0.15, -0.1) is 0 Å². The SMILES string of the molecule is CCCCCC[C@H]1COC(=O)N1c1ccc(C(C)(C)O)nc1. The van der Waals surface area contributed by atoms with Gasteiger partial charge in [-0.1, -0.05) is 32.6 Å². The van der Waals surface area contributed by atoms with E-state index in [2.05, 4.69) is 11.9 Å². The molecule has 0 bridgehead atoms. The second-order valence-electron chi connectivity index (χ2n) is 6.41. The van der Waals surface area contributed by atoms with E-state index in [0.717, 1.165) is 18.5 Å². The van der Waals surface area contributed by atoms with E-state index in [0.29, 0.717) is 12.3 Å². The van der Waals surface area contributed by atoms with Crippen LogP contribution in [-0.4, -0.2) is 28.8 Å². The van der Waals surface area contributed by atoms with Crippen LogP contribution in [0.1, 0.15) is 58.6 Å². The fraction of sp³-hybridized carbons (Fsp3) is 0.647. The largest absolute Gasteiger partial charge is 0.447 e. The first-order valence-electron chi connectivity index (χ1n) is 8.08. The lowest BCUT2D eigenvalue weighted by Crippen LogP contribution is -2.33. The molecule has 1 aromatic heterocycles. The molecule has 1 amide bonds. The Kier molecular flexibility index (Phi) is 5.40. The fourth-order valence-electron chi connectivity index (χ4n) is 2.69. The molecule has 0 spiro atoms. The van der Waals surface area contributed by atoms with Crippen LogP contribution in [0.25, 0.3) is 0 Å². The zero-order valence-corrected chi connectivity index (χ0v) is 13.7. The van der Waals surface area contributed by atoms with Gasteiger partial charge in [0.1, 0.15) is 12.2 Å². The minimum absolute atomic E-state index is 0.0825. The van der Waals surface area contributed by atoms with E-state index in [-0.39, 0.29) is 12.1 Å². The zero-order valence-electron chi connectivity index (χ0n) is 13.7. The van der Waals surface area contributed by atoms with Gasteiger partial charge in [0.2, 0.25) is 0 Å². The Morgan fingerprint density at radius 2 is 2.14 bits per heavy atom. The number of ether oxygens (including phenoxy) is 1. The van der Waals surface area contributed by atoms with Crippen molar-refractivity contribution >= 4 is 11.8 Å². The lowest BCUT2D eigenvalue weighted by molar-refractivity contribution is 0.0739. The van der Waals surface area contributed by atoms with Gasteiger partial charge in [0.05, 0.1) is 23.6 Å². The van der Waals surface area contributed by atoms with Gasteiger partial charge in [0.25, 0.3) is 0 Å². The van der Waals surface area contributed by atoms with Gasteiger partial charge in [-0.05, 0) is 32.4 Å². The Morgan fingerprint density at radius 1 is 1.36 bits per heavy atom. The first-order valence-corrected chi connectivity index (χ1v) is 8.08. The molecule has 0 saturated carbocycles. The first-order chi connectivity index (χ1) is 10.4. The lowest BCUT2D eigenvalue weighted by atomic mass is 10.0. The van der Waals surface area contributed by atoms with Crippen molar-refractivity contribution in [1.29, 1.82) is 0 Å². The summed E-state index contributed by atoms with van der Waals surface area (Å²) in [4.78, 5) is 17.9. The predicted molar refractivity (Wildman–Crippen MR) is 85.9 cm³/mol. The standard InChI is InChI=1S/C17H26N2O3/c1-4-5-6-7-8-14-12-22-16(20)19(14)13-9-10-15(18-11-13)17(2,3)21/h9-11,14,21H,4-8,12H2,1-3H3/t14-/m0/s1. The maximum atomic E-state index is 12.0. The second-order valence-corrected chi connectivity index (χ2v) is 6.41. The van der Waals surface area contributed by atoms with Crippen LogP contribution in [0.5, 0.6) is 0 Å². The van der Waals surface area contributed by atoms with E-state index in [1.807, 2.05) is 6.07 Å². The van der Waals surface area contributed by atoms with Crippen LogP contribution in [0.3, 0.4) is 0 Å². The number of hydrogen-bond donors (Lipinski definition) is 1. The van der Waals surface area contributed by atoms with Gasteiger partial charge in [-0.2, -0.15) is 0 Å². The van der Waals surface area contributed by atoms with Gasteiger partial charge in [0, 0.05) is 0 Å². The van der Waals surface area contributed by atoms with Gasteiger partial charge in [-0.3, -0.25) is 9.88 Å². The van der Waals surface area contributed by atoms with Crippen LogP contribution in [0, 0.1) is 0 Å². The summed E-state index contributed by atoms with van der Waals surface area (Å²) in [6.45, 7) is 6.01. The van der Waals surface area contributed by atoms with Crippen LogP contribution >= 0.6 is 0 Å². The molecule has 1 aliphatic heterocycles. The Hall–Kier alpha value is -1.62. The third-order valence-corrected chi connectivity index (χ3v) is 4.00. The first kappa shape index (κ1) is 16.7. The van der Waals surface area contributed by atoms with Crippen molar-refractivity contribution in [2.24, 2.45) is 0 Å². The highest BCUT2D eigenvalue weighted by atomic mass is 16.6. The van der Waals surface area contributed by atoms with Gasteiger partial charge < -0.3 is 9.84 Å². The van der Waals surface area contributed by atoms with Crippen molar-refractivity contribution in [3.8, 4) is 0 Å². The lowest BCUT2D eigenvalue weighted by Gasteiger charge is -2.22. The van der Waals surface area contributed by atoms with E-state index in [1.54, 1.807) is 31.0 Å². The molecule has 1 fully saturated rings. The Balaban J connectivity index is 2.05. The Labute approximate surface area is 132 Å². The van der Waals surface area contributed by atoms with Gasteiger partial charge in [-0.25, -0.2) is 4.79 Å². The number of nitrogens with zero attached hydrogens (tertiary/aromatic N) is 2. The van der Waals surface area contributed by atoms with Crippen molar-refractivity contribution in [1.82, 2.24) is 4.98 Å². The molecule has 1 N–H and O–H groups in total. The van der Waals surface area contributed by atoms with Gasteiger partial charge in [0.15, 0.2) is 0 Å². The smallest absolute Gasteiger partial charge is 0.414 e. The van der Waals surface area contributed by atoms with E-state index in [4.69, 9.17) is 4.74 Å². The molecule has 0 aromatic carbocycles. The van der Waals surface area contributed by atoms with Crippen molar-refractivity contribution in [2.45, 2.75) is 64.5 Å². The molecule has 2 rings (SSSR count). The van der Waals surface area contributed by atoms with E-state index in [9.17, 15) is 9.90 Å². The summed E-state index contributed by atoms with van der Waals surface area (Å²) >= 11 is 0. The average Bonchev–Trinajstić information content (AvgIpc) is 2.84. The topological polar surface area (TPSA) is 62.7 Å². The highest BCUT2D eigenvalue weighted by Crippen LogP contribution is 2.27. The Morgan fingerprint density at radius 3 is 2.73 bits per heavy atom. The molecule has 1 atom stereocenters. The maximum absolute atomic E-state index is 12.0. The van der Waals surface area contributed by atoms with Crippen LogP contribution in [0.4, 0.5) is 10.5 Å². The Bertz CT molecular complexity index is 494. The quantitative estimate of drug-likeness (QED) is 0.782. The maximum Gasteiger partial charge on any atom is 0.414 e. The fourth-order valence-corrected chi connectivity index (χ4v) is 2.69. The molecule has 5 nitrogen and oxygen atoms in total. The third kappa shape index (κ3) is 3.97. The van der Waals surface area contributed by atoms with E-state index < -0.39 is 5.60 Å². The normalized spacial score (nSPS) is 18.6. The highest BCUT2D eigenvalue weighted by molar-refractivity contribution is 5.90. The van der Waals surface area contributed by atoms with Crippen LogP contribution < -0.4 is 4.90 Å². The molecule has 0 radical (unpaired) electrons. The molecule has 0 aliphatic carbocycles. The number of cyclic esters (lactones) is 1. The number of hydrogen-bond acceptors (Lipinski definition) is 4. The van der Waals surface area contributed by atoms with Crippen LogP contribution in [-0.2, 0) is 10.3 Å². The van der Waals surface area contributed by atoms with Gasteiger partial charge >= 0.3 is 6.09 Å². The molecule has 122 valence electrons. The summed E-state index contributed by atoms with van der Waals surface area (Å²) in [6, 6.07) is 3.67. The molecule has 0 unspecified atom stereocenters. The number of carbonyl (C=O) groups is 1. The summed E-state index contributed by atoms with van der Waals surface area (Å²) in [6.07, 6.45) is 6.98. The molecular formula is C17H26N2O3. The van der Waals surface area contributed by atoms with Crippen LogP contribution in [0.2, 0.25) is 0 Å². The molecule has 2 heterocycles. The number of aliphatic hydroxyl groups is 1. The van der Waals surface area contributed by atoms with E-state index in [1.165, 1.54) is 19.3 Å². The molecule has 1 aromatic rings. The highest BCUT2D eigenvalue weighted by Gasteiger charge is 2.34. The van der Waals surface area contributed by atoms with Crippen LogP contribution in [0.15, 0.2) is 18.3 Å². The number of aromatic nitrogens is 1. The minimum Gasteiger partial charge on any atom is -0.447 e. The molecule has 1 aliphatic rings. The number of anilines is 1. The van der Waals surface area contributed by atoms with Crippen molar-refractivity contribution in [3.05, 3.63) is 24.0 Å². The molecule has 1 saturated heterocycles.